The number of hydrogen-bond donors (Lipinski definition) is 2. The lowest BCUT2D eigenvalue weighted by molar-refractivity contribution is 0.0954. The first-order valence-corrected chi connectivity index (χ1v) is 5.14. The summed E-state index contributed by atoms with van der Waals surface area (Å²) in [5.41, 5.74) is 0.410. The van der Waals surface area contributed by atoms with Crippen LogP contribution >= 0.6 is 15.9 Å². The van der Waals surface area contributed by atoms with Crippen molar-refractivity contribution in [3.05, 3.63) is 28.2 Å². The largest absolute Gasteiger partial charge is 0.507 e. The van der Waals surface area contributed by atoms with Gasteiger partial charge in [-0.25, -0.2) is 0 Å². The van der Waals surface area contributed by atoms with E-state index < -0.39 is 0 Å². The van der Waals surface area contributed by atoms with Gasteiger partial charge >= 0.3 is 0 Å². The molecule has 2 N–H and O–H groups in total. The number of phenolic OH excluding ortho intramolecular Hbond substituents is 1. The molecule has 78 valence electrons. The molecule has 1 aromatic carbocycles. The smallest absolute Gasteiger partial charge is 0.251 e. The Kier molecular flexibility index (Phi) is 4.19. The number of carbonyl (C=O) groups is 1. The van der Waals surface area contributed by atoms with Crippen molar-refractivity contribution >= 4 is 21.8 Å². The molecule has 0 unspecified atom stereocenters. The van der Waals surface area contributed by atoms with Gasteiger partial charge in [-0.3, -0.25) is 4.79 Å². The van der Waals surface area contributed by atoms with Gasteiger partial charge in [0.05, 0.1) is 4.47 Å². The summed E-state index contributed by atoms with van der Waals surface area (Å²) < 4.78 is 0.558. The normalized spacial score (nSPS) is 9.33. The molecule has 0 fully saturated rings. The molecule has 0 saturated carbocycles. The Hall–Kier alpha value is -1.47. The van der Waals surface area contributed by atoms with Crippen molar-refractivity contribution in [2.75, 3.05) is 6.54 Å². The van der Waals surface area contributed by atoms with Crippen LogP contribution in [0.25, 0.3) is 0 Å². The van der Waals surface area contributed by atoms with E-state index in [1.54, 1.807) is 12.1 Å². The molecule has 0 aliphatic heterocycles. The molecule has 1 amide bonds. The van der Waals surface area contributed by atoms with Crippen LogP contribution in [0.2, 0.25) is 0 Å². The highest BCUT2D eigenvalue weighted by atomic mass is 79.9. The molecular weight excluding hydrogens is 258 g/mol. The summed E-state index contributed by atoms with van der Waals surface area (Å²) in [7, 11) is 0. The lowest BCUT2D eigenvalue weighted by atomic mass is 10.2. The minimum absolute atomic E-state index is 0.0413. The van der Waals surface area contributed by atoms with Gasteiger partial charge in [-0.05, 0) is 34.1 Å². The van der Waals surface area contributed by atoms with Crippen LogP contribution in [-0.2, 0) is 0 Å². The molecule has 0 aliphatic rings. The maximum absolute atomic E-state index is 11.5. The van der Waals surface area contributed by atoms with Crippen molar-refractivity contribution in [2.45, 2.75) is 6.42 Å². The van der Waals surface area contributed by atoms with Gasteiger partial charge < -0.3 is 10.4 Å². The molecule has 0 aromatic heterocycles. The first-order chi connectivity index (χ1) is 7.15. The molecule has 0 saturated heterocycles. The molecule has 0 atom stereocenters. The number of benzene rings is 1. The van der Waals surface area contributed by atoms with E-state index in [9.17, 15) is 9.90 Å². The van der Waals surface area contributed by atoms with Crippen molar-refractivity contribution < 1.29 is 9.90 Å². The van der Waals surface area contributed by atoms with E-state index in [4.69, 9.17) is 6.42 Å². The number of rotatable bonds is 3. The first-order valence-electron chi connectivity index (χ1n) is 4.35. The van der Waals surface area contributed by atoms with E-state index in [2.05, 4.69) is 27.2 Å². The molecule has 4 heteroatoms. The molecule has 3 nitrogen and oxygen atoms in total. The Labute approximate surface area is 96.6 Å². The van der Waals surface area contributed by atoms with Crippen LogP contribution in [-0.4, -0.2) is 17.6 Å². The fourth-order valence-electron chi connectivity index (χ4n) is 1.00. The van der Waals surface area contributed by atoms with E-state index >= 15 is 0 Å². The number of carbonyl (C=O) groups excluding carboxylic acids is 1. The molecule has 0 bridgehead atoms. The fraction of sp³-hybridized carbons (Fsp3) is 0.182. The lowest BCUT2D eigenvalue weighted by Crippen LogP contribution is -2.24. The summed E-state index contributed by atoms with van der Waals surface area (Å²) in [6, 6.07) is 4.63. The van der Waals surface area contributed by atoms with Gasteiger partial charge in [0.25, 0.3) is 5.91 Å². The van der Waals surface area contributed by atoms with Crippen LogP contribution in [0.15, 0.2) is 22.7 Å². The number of amides is 1. The van der Waals surface area contributed by atoms with Crippen LogP contribution in [0.3, 0.4) is 0 Å². The van der Waals surface area contributed by atoms with Crippen molar-refractivity contribution in [2.24, 2.45) is 0 Å². The Morgan fingerprint density at radius 3 is 2.93 bits per heavy atom. The number of hydrogen-bond acceptors (Lipinski definition) is 2. The minimum Gasteiger partial charge on any atom is -0.507 e. The second-order valence-electron chi connectivity index (χ2n) is 2.88. The third-order valence-electron chi connectivity index (χ3n) is 1.76. The van der Waals surface area contributed by atoms with E-state index in [1.165, 1.54) is 6.07 Å². The van der Waals surface area contributed by atoms with Crippen molar-refractivity contribution in [3.8, 4) is 18.1 Å². The molecule has 0 heterocycles. The Morgan fingerprint density at radius 1 is 1.60 bits per heavy atom. The van der Waals surface area contributed by atoms with Crippen LogP contribution in [0.4, 0.5) is 0 Å². The molecule has 0 spiro atoms. The SMILES string of the molecule is C#CCCNC(=O)c1ccc(Br)c(O)c1. The predicted molar refractivity (Wildman–Crippen MR) is 61.6 cm³/mol. The lowest BCUT2D eigenvalue weighted by Gasteiger charge is -2.04. The van der Waals surface area contributed by atoms with E-state index in [-0.39, 0.29) is 11.7 Å². The van der Waals surface area contributed by atoms with Gasteiger partial charge in [0.2, 0.25) is 0 Å². The average Bonchev–Trinajstić information content (AvgIpc) is 2.22. The number of halogens is 1. The summed E-state index contributed by atoms with van der Waals surface area (Å²) in [5, 5.41) is 12.0. The highest BCUT2D eigenvalue weighted by Crippen LogP contribution is 2.24. The van der Waals surface area contributed by atoms with Crippen LogP contribution in [0.1, 0.15) is 16.8 Å². The summed E-state index contributed by atoms with van der Waals surface area (Å²) >= 11 is 3.13. The number of aromatic hydroxyl groups is 1. The standard InChI is InChI=1S/C11H10BrNO2/c1-2-3-6-13-11(15)8-4-5-9(12)10(14)7-8/h1,4-5,7,14H,3,6H2,(H,13,15). The molecule has 0 aliphatic carbocycles. The maximum atomic E-state index is 11.5. The monoisotopic (exact) mass is 267 g/mol. The summed E-state index contributed by atoms with van der Waals surface area (Å²) in [6.07, 6.45) is 5.54. The second kappa shape index (κ2) is 5.42. The van der Waals surface area contributed by atoms with E-state index in [0.717, 1.165) is 0 Å². The second-order valence-corrected chi connectivity index (χ2v) is 3.73. The quantitative estimate of drug-likeness (QED) is 0.649. The van der Waals surface area contributed by atoms with Crippen LogP contribution in [0.5, 0.6) is 5.75 Å². The molecule has 1 aromatic rings. The summed E-state index contributed by atoms with van der Waals surface area (Å²) in [4.78, 5) is 11.5. The average molecular weight is 268 g/mol. The number of phenols is 1. The highest BCUT2D eigenvalue weighted by Gasteiger charge is 2.06. The zero-order chi connectivity index (χ0) is 11.3. The first kappa shape index (κ1) is 11.6. The minimum atomic E-state index is -0.243. The van der Waals surface area contributed by atoms with Crippen LogP contribution < -0.4 is 5.32 Å². The predicted octanol–water partition coefficient (Wildman–Crippen LogP) is 1.91. The zero-order valence-electron chi connectivity index (χ0n) is 7.96. The Balaban J connectivity index is 2.67. The number of terminal acetylenes is 1. The van der Waals surface area contributed by atoms with Gasteiger partial charge in [-0.1, -0.05) is 0 Å². The topological polar surface area (TPSA) is 49.3 Å². The summed E-state index contributed by atoms with van der Waals surface area (Å²) in [6.45, 7) is 0.437. The fourth-order valence-corrected chi connectivity index (χ4v) is 1.25. The van der Waals surface area contributed by atoms with Gasteiger partial charge in [-0.15, -0.1) is 12.3 Å². The molecular formula is C11H10BrNO2. The Morgan fingerprint density at radius 2 is 2.33 bits per heavy atom. The summed E-state index contributed by atoms with van der Waals surface area (Å²) in [5.74, 6) is 2.22. The molecule has 0 radical (unpaired) electrons. The van der Waals surface area contributed by atoms with Gasteiger partial charge in [0.1, 0.15) is 5.75 Å². The molecule has 1 rings (SSSR count). The van der Waals surface area contributed by atoms with Crippen molar-refractivity contribution in [1.82, 2.24) is 5.32 Å². The third-order valence-corrected chi connectivity index (χ3v) is 2.43. The molecule has 15 heavy (non-hydrogen) atoms. The van der Waals surface area contributed by atoms with E-state index in [0.29, 0.717) is 23.0 Å². The van der Waals surface area contributed by atoms with Gasteiger partial charge in [0.15, 0.2) is 0 Å². The van der Waals surface area contributed by atoms with Crippen molar-refractivity contribution in [3.63, 3.8) is 0 Å². The van der Waals surface area contributed by atoms with Gasteiger partial charge in [0, 0.05) is 18.5 Å². The highest BCUT2D eigenvalue weighted by molar-refractivity contribution is 9.10. The van der Waals surface area contributed by atoms with Crippen LogP contribution in [0, 0.1) is 12.3 Å². The Bertz CT molecular complexity index is 410. The number of nitrogens with one attached hydrogen (secondary N) is 1. The van der Waals surface area contributed by atoms with Crippen molar-refractivity contribution in [1.29, 1.82) is 0 Å². The van der Waals surface area contributed by atoms with Gasteiger partial charge in [-0.2, -0.15) is 0 Å². The zero-order valence-corrected chi connectivity index (χ0v) is 9.54. The third kappa shape index (κ3) is 3.30. The maximum Gasteiger partial charge on any atom is 0.251 e. The van der Waals surface area contributed by atoms with E-state index in [1.807, 2.05) is 0 Å².